The second-order valence-corrected chi connectivity index (χ2v) is 4.35. The number of aliphatic hydroxyl groups excluding tert-OH is 1. The Kier molecular flexibility index (Phi) is 4.28. The van der Waals surface area contributed by atoms with E-state index in [4.69, 9.17) is 5.11 Å². The van der Waals surface area contributed by atoms with Crippen LogP contribution in [0.4, 0.5) is 18.9 Å². The van der Waals surface area contributed by atoms with Gasteiger partial charge in [0.15, 0.2) is 0 Å². The minimum atomic E-state index is -4.50. The molecule has 110 valence electrons. The van der Waals surface area contributed by atoms with Crippen molar-refractivity contribution in [3.63, 3.8) is 0 Å². The summed E-state index contributed by atoms with van der Waals surface area (Å²) in [5, 5.41) is 11.6. The number of amides is 1. The summed E-state index contributed by atoms with van der Waals surface area (Å²) < 4.78 is 37.8. The lowest BCUT2D eigenvalue weighted by atomic mass is 10.1. The van der Waals surface area contributed by atoms with Crippen LogP contribution in [0.5, 0.6) is 0 Å². The number of hydrogen-bond donors (Lipinski definition) is 2. The van der Waals surface area contributed by atoms with Crippen molar-refractivity contribution in [3.8, 4) is 0 Å². The van der Waals surface area contributed by atoms with Gasteiger partial charge in [0.1, 0.15) is 0 Å². The summed E-state index contributed by atoms with van der Waals surface area (Å²) in [6.07, 6.45) is -4.50. The fourth-order valence-corrected chi connectivity index (χ4v) is 1.81. The molecule has 2 aromatic carbocycles. The van der Waals surface area contributed by atoms with Crippen LogP contribution in [0.2, 0.25) is 0 Å². The zero-order valence-corrected chi connectivity index (χ0v) is 10.8. The van der Waals surface area contributed by atoms with Gasteiger partial charge < -0.3 is 10.4 Å². The van der Waals surface area contributed by atoms with Crippen LogP contribution in [0.25, 0.3) is 0 Å². The number of anilines is 1. The van der Waals surface area contributed by atoms with E-state index in [0.29, 0.717) is 11.3 Å². The topological polar surface area (TPSA) is 49.3 Å². The van der Waals surface area contributed by atoms with E-state index in [9.17, 15) is 18.0 Å². The van der Waals surface area contributed by atoms with Crippen molar-refractivity contribution < 1.29 is 23.1 Å². The molecule has 2 aromatic rings. The highest BCUT2D eigenvalue weighted by molar-refractivity contribution is 6.04. The summed E-state index contributed by atoms with van der Waals surface area (Å²) in [5.74, 6) is -0.665. The van der Waals surface area contributed by atoms with E-state index in [1.807, 2.05) is 0 Å². The summed E-state index contributed by atoms with van der Waals surface area (Å²) in [6.45, 7) is -0.279. The number of carbonyl (C=O) groups excluding carboxylic acids is 1. The van der Waals surface area contributed by atoms with E-state index >= 15 is 0 Å². The third-order valence-electron chi connectivity index (χ3n) is 2.89. The standard InChI is InChI=1S/C15H12F3NO2/c16-15(17,18)12-6-3-5-10(8-12)14(21)19-13-7-2-1-4-11(13)9-20/h1-8,20H,9H2,(H,19,21). The van der Waals surface area contributed by atoms with Crippen molar-refractivity contribution in [2.75, 3.05) is 5.32 Å². The molecule has 1 amide bonds. The molecule has 0 aliphatic carbocycles. The first-order chi connectivity index (χ1) is 9.91. The molecular weight excluding hydrogens is 283 g/mol. The quantitative estimate of drug-likeness (QED) is 0.911. The van der Waals surface area contributed by atoms with Gasteiger partial charge in [0.25, 0.3) is 5.91 Å². The summed E-state index contributed by atoms with van der Waals surface area (Å²) in [6, 6.07) is 10.7. The number of halogens is 3. The number of alkyl halides is 3. The molecule has 21 heavy (non-hydrogen) atoms. The largest absolute Gasteiger partial charge is 0.416 e. The van der Waals surface area contributed by atoms with Gasteiger partial charge in [0.05, 0.1) is 12.2 Å². The number of carbonyl (C=O) groups is 1. The normalized spacial score (nSPS) is 11.2. The monoisotopic (exact) mass is 295 g/mol. The van der Waals surface area contributed by atoms with E-state index in [-0.39, 0.29) is 12.2 Å². The highest BCUT2D eigenvalue weighted by Crippen LogP contribution is 2.29. The van der Waals surface area contributed by atoms with Crippen molar-refractivity contribution in [2.45, 2.75) is 12.8 Å². The Morgan fingerprint density at radius 3 is 2.48 bits per heavy atom. The Bertz CT molecular complexity index is 653. The molecule has 0 spiro atoms. The number of nitrogens with one attached hydrogen (secondary N) is 1. The molecule has 0 fully saturated rings. The summed E-state index contributed by atoms with van der Waals surface area (Å²) >= 11 is 0. The average Bonchev–Trinajstić information content (AvgIpc) is 2.47. The molecule has 0 unspecified atom stereocenters. The maximum Gasteiger partial charge on any atom is 0.416 e. The van der Waals surface area contributed by atoms with E-state index in [2.05, 4.69) is 5.32 Å². The summed E-state index contributed by atoms with van der Waals surface area (Å²) in [4.78, 5) is 12.0. The maximum absolute atomic E-state index is 12.6. The van der Waals surface area contributed by atoms with Gasteiger partial charge in [-0.25, -0.2) is 0 Å². The second-order valence-electron chi connectivity index (χ2n) is 4.35. The lowest BCUT2D eigenvalue weighted by Gasteiger charge is -2.11. The second kappa shape index (κ2) is 5.97. The molecule has 6 heteroatoms. The Hall–Kier alpha value is -2.34. The minimum Gasteiger partial charge on any atom is -0.392 e. The van der Waals surface area contributed by atoms with Crippen LogP contribution in [-0.4, -0.2) is 11.0 Å². The van der Waals surface area contributed by atoms with Crippen LogP contribution in [0.1, 0.15) is 21.5 Å². The Balaban J connectivity index is 2.25. The molecule has 0 aliphatic rings. The van der Waals surface area contributed by atoms with Crippen LogP contribution in [0, 0.1) is 0 Å². The number of rotatable bonds is 3. The van der Waals surface area contributed by atoms with Gasteiger partial charge >= 0.3 is 6.18 Å². The first-order valence-electron chi connectivity index (χ1n) is 6.09. The van der Waals surface area contributed by atoms with E-state index in [0.717, 1.165) is 12.1 Å². The molecule has 0 bridgehead atoms. The molecular formula is C15H12F3NO2. The van der Waals surface area contributed by atoms with E-state index in [1.54, 1.807) is 24.3 Å². The summed E-state index contributed by atoms with van der Waals surface area (Å²) in [5.41, 5.74) is -0.136. The lowest BCUT2D eigenvalue weighted by molar-refractivity contribution is -0.137. The van der Waals surface area contributed by atoms with Gasteiger partial charge in [-0.3, -0.25) is 4.79 Å². The molecule has 2 N–H and O–H groups in total. The van der Waals surface area contributed by atoms with Crippen molar-refractivity contribution in [1.82, 2.24) is 0 Å². The lowest BCUT2D eigenvalue weighted by Crippen LogP contribution is -2.15. The van der Waals surface area contributed by atoms with Crippen molar-refractivity contribution >= 4 is 11.6 Å². The number of para-hydroxylation sites is 1. The van der Waals surface area contributed by atoms with Crippen LogP contribution < -0.4 is 5.32 Å². The van der Waals surface area contributed by atoms with Crippen molar-refractivity contribution in [3.05, 3.63) is 65.2 Å². The highest BCUT2D eigenvalue weighted by atomic mass is 19.4. The Morgan fingerprint density at radius 1 is 1.10 bits per heavy atom. The van der Waals surface area contributed by atoms with Crippen molar-refractivity contribution in [2.24, 2.45) is 0 Å². The third-order valence-corrected chi connectivity index (χ3v) is 2.89. The highest BCUT2D eigenvalue weighted by Gasteiger charge is 2.30. The number of benzene rings is 2. The van der Waals surface area contributed by atoms with Crippen molar-refractivity contribution in [1.29, 1.82) is 0 Å². The predicted molar refractivity (Wildman–Crippen MR) is 71.8 cm³/mol. The third kappa shape index (κ3) is 3.61. The van der Waals surface area contributed by atoms with Gasteiger partial charge in [-0.15, -0.1) is 0 Å². The first kappa shape index (κ1) is 15.1. The Labute approximate surface area is 119 Å². The molecule has 0 aromatic heterocycles. The molecule has 0 saturated carbocycles. The zero-order valence-electron chi connectivity index (χ0n) is 10.8. The number of aliphatic hydroxyl groups is 1. The number of hydrogen-bond acceptors (Lipinski definition) is 2. The van der Waals surface area contributed by atoms with Gasteiger partial charge in [-0.05, 0) is 24.3 Å². The molecule has 0 radical (unpaired) electrons. The van der Waals surface area contributed by atoms with E-state index in [1.165, 1.54) is 12.1 Å². The van der Waals surface area contributed by atoms with E-state index < -0.39 is 17.6 Å². The minimum absolute atomic E-state index is 0.0995. The predicted octanol–water partition coefficient (Wildman–Crippen LogP) is 3.45. The molecule has 3 nitrogen and oxygen atoms in total. The van der Waals surface area contributed by atoms with Crippen LogP contribution in [0.3, 0.4) is 0 Å². The van der Waals surface area contributed by atoms with Crippen LogP contribution >= 0.6 is 0 Å². The zero-order chi connectivity index (χ0) is 15.5. The molecule has 0 saturated heterocycles. The summed E-state index contributed by atoms with van der Waals surface area (Å²) in [7, 11) is 0. The molecule has 0 aliphatic heterocycles. The SMILES string of the molecule is O=C(Nc1ccccc1CO)c1cccc(C(F)(F)F)c1. The fraction of sp³-hybridized carbons (Fsp3) is 0.133. The maximum atomic E-state index is 12.6. The fourth-order valence-electron chi connectivity index (χ4n) is 1.81. The average molecular weight is 295 g/mol. The Morgan fingerprint density at radius 2 is 1.81 bits per heavy atom. The smallest absolute Gasteiger partial charge is 0.392 e. The van der Waals surface area contributed by atoms with Crippen LogP contribution in [0.15, 0.2) is 48.5 Å². The molecule has 0 heterocycles. The van der Waals surface area contributed by atoms with Gasteiger partial charge in [-0.1, -0.05) is 24.3 Å². The van der Waals surface area contributed by atoms with Gasteiger partial charge in [-0.2, -0.15) is 13.2 Å². The van der Waals surface area contributed by atoms with Gasteiger partial charge in [0.2, 0.25) is 0 Å². The molecule has 0 atom stereocenters. The van der Waals surface area contributed by atoms with Crippen LogP contribution in [-0.2, 0) is 12.8 Å². The molecule has 2 rings (SSSR count). The first-order valence-corrected chi connectivity index (χ1v) is 6.09. The van der Waals surface area contributed by atoms with Gasteiger partial charge in [0, 0.05) is 16.8 Å².